The van der Waals surface area contributed by atoms with Crippen LogP contribution >= 0.6 is 11.6 Å². The van der Waals surface area contributed by atoms with Gasteiger partial charge in [0.2, 0.25) is 11.8 Å². The maximum atomic E-state index is 12.8. The van der Waals surface area contributed by atoms with E-state index in [1.54, 1.807) is 12.1 Å². The molecule has 0 unspecified atom stereocenters. The summed E-state index contributed by atoms with van der Waals surface area (Å²) in [5.41, 5.74) is -0.448. The molecule has 6 nitrogen and oxygen atoms in total. The molecule has 0 spiro atoms. The average Bonchev–Trinajstić information content (AvgIpc) is 3.04. The van der Waals surface area contributed by atoms with Crippen molar-refractivity contribution in [1.82, 2.24) is 9.88 Å². The number of hydrogen-bond acceptors (Lipinski definition) is 4. The molecule has 1 aromatic rings. The number of rotatable bonds is 3. The Balaban J connectivity index is 1.61. The Morgan fingerprint density at radius 1 is 1.46 bits per heavy atom. The van der Waals surface area contributed by atoms with E-state index in [-0.39, 0.29) is 17.7 Å². The highest BCUT2D eigenvalue weighted by atomic mass is 35.5. The zero-order valence-electron chi connectivity index (χ0n) is 13.8. The third kappa shape index (κ3) is 3.70. The van der Waals surface area contributed by atoms with Gasteiger partial charge in [0, 0.05) is 25.9 Å². The first kappa shape index (κ1) is 17.2. The second-order valence-electron chi connectivity index (χ2n) is 6.80. The fourth-order valence-corrected chi connectivity index (χ4v) is 3.38. The van der Waals surface area contributed by atoms with Crippen LogP contribution in [-0.2, 0) is 14.3 Å². The molecule has 0 bridgehead atoms. The monoisotopic (exact) mass is 351 g/mol. The minimum Gasteiger partial charge on any atom is -0.380 e. The van der Waals surface area contributed by atoms with Crippen LogP contribution in [0.5, 0.6) is 0 Å². The van der Waals surface area contributed by atoms with Crippen LogP contribution in [0.15, 0.2) is 18.3 Å². The van der Waals surface area contributed by atoms with E-state index in [9.17, 15) is 9.59 Å². The van der Waals surface area contributed by atoms with E-state index in [0.717, 1.165) is 19.3 Å². The second kappa shape index (κ2) is 7.07. The number of carbonyl (C=O) groups excluding carboxylic acids is 2. The summed E-state index contributed by atoms with van der Waals surface area (Å²) in [7, 11) is 0. The van der Waals surface area contributed by atoms with Gasteiger partial charge in [0.25, 0.3) is 0 Å². The Labute approximate surface area is 146 Å². The highest BCUT2D eigenvalue weighted by molar-refractivity contribution is 6.30. The minimum absolute atomic E-state index is 0.0992. The maximum absolute atomic E-state index is 12.8. The van der Waals surface area contributed by atoms with Gasteiger partial charge >= 0.3 is 0 Å². The van der Waals surface area contributed by atoms with Gasteiger partial charge in [-0.3, -0.25) is 9.59 Å². The van der Waals surface area contributed by atoms with Crippen LogP contribution in [-0.4, -0.2) is 48.0 Å². The van der Waals surface area contributed by atoms with Crippen LogP contribution in [0, 0.1) is 11.3 Å². The number of aromatic nitrogens is 1. The maximum Gasteiger partial charge on any atom is 0.230 e. The van der Waals surface area contributed by atoms with Crippen LogP contribution in [0.1, 0.15) is 26.2 Å². The summed E-state index contributed by atoms with van der Waals surface area (Å²) in [5.74, 6) is 0.257. The lowest BCUT2D eigenvalue weighted by atomic mass is 9.86. The SMILES string of the molecule is C[C@]1(C(=O)N2CCC[C@@H](C(=O)Nc3ccc(Cl)cn3)C2)CCOC1. The number of piperidine rings is 1. The van der Waals surface area contributed by atoms with Crippen LogP contribution in [0.25, 0.3) is 0 Å². The Bertz CT molecular complexity index is 614. The van der Waals surface area contributed by atoms with E-state index in [4.69, 9.17) is 16.3 Å². The number of hydrogen-bond donors (Lipinski definition) is 1. The molecule has 1 N–H and O–H groups in total. The molecule has 2 aliphatic heterocycles. The van der Waals surface area contributed by atoms with E-state index >= 15 is 0 Å². The van der Waals surface area contributed by atoms with Gasteiger partial charge in [-0.1, -0.05) is 11.6 Å². The Hall–Kier alpha value is -1.66. The van der Waals surface area contributed by atoms with Crippen LogP contribution in [0.3, 0.4) is 0 Å². The second-order valence-corrected chi connectivity index (χ2v) is 7.24. The highest BCUT2D eigenvalue weighted by Gasteiger charge is 2.42. The number of nitrogens with zero attached hydrogens (tertiary/aromatic N) is 2. The van der Waals surface area contributed by atoms with Gasteiger partial charge in [0.05, 0.1) is 23.0 Å². The van der Waals surface area contributed by atoms with Crippen molar-refractivity contribution < 1.29 is 14.3 Å². The van der Waals surface area contributed by atoms with Gasteiger partial charge < -0.3 is 15.0 Å². The van der Waals surface area contributed by atoms with E-state index in [2.05, 4.69) is 10.3 Å². The van der Waals surface area contributed by atoms with Crippen LogP contribution < -0.4 is 5.32 Å². The molecule has 1 aromatic heterocycles. The molecule has 7 heteroatoms. The number of anilines is 1. The molecule has 2 fully saturated rings. The molecule has 130 valence electrons. The predicted octanol–water partition coefficient (Wildman–Crippen LogP) is 2.34. The first-order valence-electron chi connectivity index (χ1n) is 8.27. The summed E-state index contributed by atoms with van der Waals surface area (Å²) in [6.45, 7) is 4.20. The van der Waals surface area contributed by atoms with Crippen molar-refractivity contribution >= 4 is 29.2 Å². The van der Waals surface area contributed by atoms with Crippen molar-refractivity contribution in [2.45, 2.75) is 26.2 Å². The molecule has 0 saturated carbocycles. The van der Waals surface area contributed by atoms with Crippen molar-refractivity contribution in [1.29, 1.82) is 0 Å². The number of pyridine rings is 1. The van der Waals surface area contributed by atoms with Gasteiger partial charge in [-0.05, 0) is 38.3 Å². The van der Waals surface area contributed by atoms with Gasteiger partial charge in [0.1, 0.15) is 5.82 Å². The smallest absolute Gasteiger partial charge is 0.230 e. The molecular formula is C17H22ClN3O3. The lowest BCUT2D eigenvalue weighted by Gasteiger charge is -2.36. The molecule has 2 amide bonds. The molecule has 2 aliphatic rings. The molecular weight excluding hydrogens is 330 g/mol. The van der Waals surface area contributed by atoms with Gasteiger partial charge in [-0.25, -0.2) is 4.98 Å². The molecule has 3 heterocycles. The first-order valence-corrected chi connectivity index (χ1v) is 8.65. The standard InChI is InChI=1S/C17H22ClN3O3/c1-17(6-8-24-11-17)16(23)21-7-2-3-12(10-21)15(22)20-14-5-4-13(18)9-19-14/h4-5,9,12H,2-3,6-8,10-11H2,1H3,(H,19,20,22)/t12-,17+/m1/s1. The largest absolute Gasteiger partial charge is 0.380 e. The minimum atomic E-state index is -0.448. The zero-order valence-corrected chi connectivity index (χ0v) is 14.5. The van der Waals surface area contributed by atoms with E-state index < -0.39 is 5.41 Å². The summed E-state index contributed by atoms with van der Waals surface area (Å²) in [4.78, 5) is 31.1. The molecule has 0 aromatic carbocycles. The summed E-state index contributed by atoms with van der Waals surface area (Å²) in [6, 6.07) is 3.35. The van der Waals surface area contributed by atoms with Crippen molar-refractivity contribution in [3.63, 3.8) is 0 Å². The van der Waals surface area contributed by atoms with Crippen molar-refractivity contribution in [2.24, 2.45) is 11.3 Å². The molecule has 3 rings (SSSR count). The fraction of sp³-hybridized carbons (Fsp3) is 0.588. The Kier molecular flexibility index (Phi) is 5.06. The van der Waals surface area contributed by atoms with Crippen LogP contribution in [0.4, 0.5) is 5.82 Å². The van der Waals surface area contributed by atoms with Crippen molar-refractivity contribution in [3.05, 3.63) is 23.4 Å². The predicted molar refractivity (Wildman–Crippen MR) is 90.7 cm³/mol. The number of likely N-dealkylation sites (tertiary alicyclic amines) is 1. The van der Waals surface area contributed by atoms with Gasteiger partial charge in [0.15, 0.2) is 0 Å². The zero-order chi connectivity index (χ0) is 17.2. The number of carbonyl (C=O) groups is 2. The lowest BCUT2D eigenvalue weighted by Crippen LogP contribution is -2.49. The number of ether oxygens (including phenoxy) is 1. The van der Waals surface area contributed by atoms with Gasteiger partial charge in [-0.2, -0.15) is 0 Å². The van der Waals surface area contributed by atoms with Crippen molar-refractivity contribution in [3.8, 4) is 0 Å². The topological polar surface area (TPSA) is 71.5 Å². The molecule has 0 radical (unpaired) electrons. The fourth-order valence-electron chi connectivity index (χ4n) is 3.27. The number of halogens is 1. The number of nitrogens with one attached hydrogen (secondary N) is 1. The van der Waals surface area contributed by atoms with E-state index in [1.807, 2.05) is 11.8 Å². The quantitative estimate of drug-likeness (QED) is 0.907. The van der Waals surface area contributed by atoms with Crippen LogP contribution in [0.2, 0.25) is 5.02 Å². The highest BCUT2D eigenvalue weighted by Crippen LogP contribution is 2.32. The van der Waals surface area contributed by atoms with Crippen molar-refractivity contribution in [2.75, 3.05) is 31.6 Å². The summed E-state index contributed by atoms with van der Waals surface area (Å²) in [5, 5.41) is 3.33. The summed E-state index contributed by atoms with van der Waals surface area (Å²) < 4.78 is 5.39. The number of amides is 2. The van der Waals surface area contributed by atoms with E-state index in [0.29, 0.717) is 37.1 Å². The first-order chi connectivity index (χ1) is 11.5. The summed E-state index contributed by atoms with van der Waals surface area (Å²) in [6.07, 6.45) is 3.84. The molecule has 2 atom stereocenters. The molecule has 0 aliphatic carbocycles. The summed E-state index contributed by atoms with van der Waals surface area (Å²) >= 11 is 5.80. The Morgan fingerprint density at radius 2 is 2.29 bits per heavy atom. The normalized spacial score (nSPS) is 27.1. The van der Waals surface area contributed by atoms with E-state index in [1.165, 1.54) is 6.20 Å². The third-order valence-electron chi connectivity index (χ3n) is 4.79. The molecule has 2 saturated heterocycles. The Morgan fingerprint density at radius 3 is 2.96 bits per heavy atom. The average molecular weight is 352 g/mol. The third-order valence-corrected chi connectivity index (χ3v) is 5.02. The van der Waals surface area contributed by atoms with Gasteiger partial charge in [-0.15, -0.1) is 0 Å². The molecule has 24 heavy (non-hydrogen) atoms. The lowest BCUT2D eigenvalue weighted by molar-refractivity contribution is -0.144.